The van der Waals surface area contributed by atoms with Gasteiger partial charge in [0, 0.05) is 15.5 Å². The molecule has 6 heteroatoms. The zero-order valence-corrected chi connectivity index (χ0v) is 14.2. The van der Waals surface area contributed by atoms with Crippen molar-refractivity contribution in [1.82, 2.24) is 0 Å². The normalized spacial score (nSPS) is 10.6. The van der Waals surface area contributed by atoms with Crippen molar-refractivity contribution in [3.05, 3.63) is 60.7 Å². The molecule has 0 aliphatic carbocycles. The maximum atomic E-state index is 13.2. The highest BCUT2D eigenvalue weighted by Gasteiger charge is 2.09. The molecule has 0 fully saturated rings. The molecule has 0 aromatic heterocycles. The summed E-state index contributed by atoms with van der Waals surface area (Å²) in [6.45, 7) is 0.441. The molecule has 0 radical (unpaired) electrons. The van der Waals surface area contributed by atoms with Gasteiger partial charge in [0.15, 0.2) is 0 Å². The Bertz CT molecular complexity index is 620. The SMILES string of the molecule is Fc1ccc(Br)c(CNc2ccc(Br)c(Cl)c2Cl)c1. The molecule has 0 heterocycles. The highest BCUT2D eigenvalue weighted by Crippen LogP contribution is 2.36. The van der Waals surface area contributed by atoms with Crippen LogP contribution in [0.25, 0.3) is 0 Å². The summed E-state index contributed by atoms with van der Waals surface area (Å²) in [6, 6.07) is 8.15. The summed E-state index contributed by atoms with van der Waals surface area (Å²) in [4.78, 5) is 0. The summed E-state index contributed by atoms with van der Waals surface area (Å²) >= 11 is 18.8. The third-order valence-corrected chi connectivity index (χ3v) is 5.06. The van der Waals surface area contributed by atoms with E-state index in [4.69, 9.17) is 23.2 Å². The molecule has 0 saturated heterocycles. The number of rotatable bonds is 3. The van der Waals surface area contributed by atoms with Gasteiger partial charge in [-0.15, -0.1) is 0 Å². The molecule has 2 aromatic carbocycles. The van der Waals surface area contributed by atoms with Gasteiger partial charge in [-0.2, -0.15) is 0 Å². The second-order valence-electron chi connectivity index (χ2n) is 3.81. The molecular formula is C13H8Br2Cl2FN. The lowest BCUT2D eigenvalue weighted by molar-refractivity contribution is 0.625. The number of anilines is 1. The van der Waals surface area contributed by atoms with Crippen LogP contribution in [0, 0.1) is 5.82 Å². The third-order valence-electron chi connectivity index (χ3n) is 2.51. The molecule has 2 aromatic rings. The molecule has 0 spiro atoms. The van der Waals surface area contributed by atoms with E-state index in [2.05, 4.69) is 37.2 Å². The zero-order chi connectivity index (χ0) is 14.0. The largest absolute Gasteiger partial charge is 0.380 e. The number of nitrogens with one attached hydrogen (secondary N) is 1. The highest BCUT2D eigenvalue weighted by atomic mass is 79.9. The average molecular weight is 428 g/mol. The first-order valence-corrected chi connectivity index (χ1v) is 7.64. The van der Waals surface area contributed by atoms with E-state index in [1.807, 2.05) is 6.07 Å². The van der Waals surface area contributed by atoms with Crippen LogP contribution in [-0.2, 0) is 6.54 Å². The number of halogens is 5. The summed E-state index contributed by atoms with van der Waals surface area (Å²) < 4.78 is 14.7. The minimum Gasteiger partial charge on any atom is -0.380 e. The number of hydrogen-bond acceptors (Lipinski definition) is 1. The van der Waals surface area contributed by atoms with E-state index in [9.17, 15) is 4.39 Å². The minimum absolute atomic E-state index is 0.278. The van der Waals surface area contributed by atoms with Gasteiger partial charge >= 0.3 is 0 Å². The smallest absolute Gasteiger partial charge is 0.123 e. The minimum atomic E-state index is -0.278. The van der Waals surface area contributed by atoms with Gasteiger partial charge in [-0.05, 0) is 51.8 Å². The van der Waals surface area contributed by atoms with Crippen molar-refractivity contribution in [2.75, 3.05) is 5.32 Å². The lowest BCUT2D eigenvalue weighted by Gasteiger charge is -2.11. The molecule has 0 saturated carbocycles. The second kappa shape index (κ2) is 6.44. The fourth-order valence-electron chi connectivity index (χ4n) is 1.53. The summed E-state index contributed by atoms with van der Waals surface area (Å²) in [7, 11) is 0. The Balaban J connectivity index is 2.19. The van der Waals surface area contributed by atoms with Crippen molar-refractivity contribution in [3.63, 3.8) is 0 Å². The Labute approximate surface area is 137 Å². The first-order valence-electron chi connectivity index (χ1n) is 5.30. The van der Waals surface area contributed by atoms with Gasteiger partial charge in [0.1, 0.15) is 5.82 Å². The molecule has 0 bridgehead atoms. The standard InChI is InChI=1S/C13H8Br2Cl2FN/c14-9-2-1-8(18)5-7(9)6-19-11-4-3-10(15)12(16)13(11)17/h1-5,19H,6H2. The van der Waals surface area contributed by atoms with E-state index in [0.29, 0.717) is 22.3 Å². The number of benzene rings is 2. The second-order valence-corrected chi connectivity index (χ2v) is 6.28. The van der Waals surface area contributed by atoms with Crippen LogP contribution < -0.4 is 5.32 Å². The van der Waals surface area contributed by atoms with Gasteiger partial charge in [0.25, 0.3) is 0 Å². The molecule has 0 aliphatic heterocycles. The Kier molecular flexibility index (Phi) is 5.12. The quantitative estimate of drug-likeness (QED) is 0.569. The maximum Gasteiger partial charge on any atom is 0.123 e. The molecule has 0 unspecified atom stereocenters. The summed E-state index contributed by atoms with van der Waals surface area (Å²) in [5.41, 5.74) is 1.50. The van der Waals surface area contributed by atoms with E-state index in [-0.39, 0.29) is 5.82 Å². The van der Waals surface area contributed by atoms with Crippen LogP contribution in [0.3, 0.4) is 0 Å². The first-order chi connectivity index (χ1) is 8.99. The highest BCUT2D eigenvalue weighted by molar-refractivity contribution is 9.10. The molecular weight excluding hydrogens is 420 g/mol. The lowest BCUT2D eigenvalue weighted by Crippen LogP contribution is -2.01. The van der Waals surface area contributed by atoms with Crippen LogP contribution in [-0.4, -0.2) is 0 Å². The van der Waals surface area contributed by atoms with E-state index in [1.54, 1.807) is 12.1 Å². The predicted octanol–water partition coefficient (Wildman–Crippen LogP) is 6.27. The summed E-state index contributed by atoms with van der Waals surface area (Å²) in [5, 5.41) is 4.01. The topological polar surface area (TPSA) is 12.0 Å². The molecule has 19 heavy (non-hydrogen) atoms. The molecule has 0 atom stereocenters. The van der Waals surface area contributed by atoms with Crippen LogP contribution >= 0.6 is 55.1 Å². The van der Waals surface area contributed by atoms with E-state index in [0.717, 1.165) is 14.5 Å². The van der Waals surface area contributed by atoms with Crippen molar-refractivity contribution in [2.24, 2.45) is 0 Å². The van der Waals surface area contributed by atoms with Crippen molar-refractivity contribution in [3.8, 4) is 0 Å². The van der Waals surface area contributed by atoms with Gasteiger partial charge in [0.2, 0.25) is 0 Å². The first kappa shape index (κ1) is 15.1. The van der Waals surface area contributed by atoms with Crippen LogP contribution in [0.1, 0.15) is 5.56 Å². The van der Waals surface area contributed by atoms with Gasteiger partial charge in [-0.25, -0.2) is 4.39 Å². The predicted molar refractivity (Wildman–Crippen MR) is 85.6 cm³/mol. The fraction of sp³-hybridized carbons (Fsp3) is 0.0769. The third kappa shape index (κ3) is 3.63. The van der Waals surface area contributed by atoms with Crippen LogP contribution in [0.5, 0.6) is 0 Å². The van der Waals surface area contributed by atoms with Gasteiger partial charge in [0.05, 0.1) is 15.7 Å². The Morgan fingerprint density at radius 2 is 1.68 bits per heavy atom. The monoisotopic (exact) mass is 425 g/mol. The molecule has 0 amide bonds. The van der Waals surface area contributed by atoms with E-state index in [1.165, 1.54) is 12.1 Å². The van der Waals surface area contributed by atoms with E-state index >= 15 is 0 Å². The van der Waals surface area contributed by atoms with Gasteiger partial charge < -0.3 is 5.32 Å². The Hall–Kier alpha value is -0.290. The van der Waals surface area contributed by atoms with E-state index < -0.39 is 0 Å². The maximum absolute atomic E-state index is 13.2. The lowest BCUT2D eigenvalue weighted by atomic mass is 10.2. The molecule has 0 aliphatic rings. The number of hydrogen-bond donors (Lipinski definition) is 1. The average Bonchev–Trinajstić information content (AvgIpc) is 2.39. The van der Waals surface area contributed by atoms with Crippen LogP contribution in [0.2, 0.25) is 10.0 Å². The van der Waals surface area contributed by atoms with Crippen LogP contribution in [0.15, 0.2) is 39.3 Å². The molecule has 1 N–H and O–H groups in total. The van der Waals surface area contributed by atoms with Gasteiger partial charge in [-0.1, -0.05) is 39.1 Å². The Morgan fingerprint density at radius 3 is 2.42 bits per heavy atom. The molecule has 1 nitrogen and oxygen atoms in total. The molecule has 2 rings (SSSR count). The van der Waals surface area contributed by atoms with Crippen molar-refractivity contribution in [1.29, 1.82) is 0 Å². The molecule has 100 valence electrons. The van der Waals surface area contributed by atoms with Gasteiger partial charge in [-0.3, -0.25) is 0 Å². The summed E-state index contributed by atoms with van der Waals surface area (Å²) in [5.74, 6) is -0.278. The summed E-state index contributed by atoms with van der Waals surface area (Å²) in [6.07, 6.45) is 0. The Morgan fingerprint density at radius 1 is 1.00 bits per heavy atom. The van der Waals surface area contributed by atoms with Crippen molar-refractivity contribution in [2.45, 2.75) is 6.54 Å². The zero-order valence-electron chi connectivity index (χ0n) is 9.48. The van der Waals surface area contributed by atoms with Crippen molar-refractivity contribution < 1.29 is 4.39 Å². The van der Waals surface area contributed by atoms with Crippen LogP contribution in [0.4, 0.5) is 10.1 Å². The fourth-order valence-corrected chi connectivity index (χ4v) is 2.76. The van der Waals surface area contributed by atoms with Crippen molar-refractivity contribution >= 4 is 60.7 Å².